The minimum atomic E-state index is -0.231. The van der Waals surface area contributed by atoms with Crippen molar-refractivity contribution in [2.45, 2.75) is 32.7 Å². The first kappa shape index (κ1) is 11.6. The Morgan fingerprint density at radius 1 is 1.60 bits per heavy atom. The van der Waals surface area contributed by atoms with E-state index in [0.717, 1.165) is 31.9 Å². The molecule has 5 nitrogen and oxygen atoms in total. The van der Waals surface area contributed by atoms with Gasteiger partial charge in [0.15, 0.2) is 0 Å². The number of primary amides is 1. The summed E-state index contributed by atoms with van der Waals surface area (Å²) in [5.41, 5.74) is 5.04. The van der Waals surface area contributed by atoms with Crippen LogP contribution in [0.1, 0.15) is 26.2 Å². The minimum Gasteiger partial charge on any atom is -0.370 e. The van der Waals surface area contributed by atoms with Crippen LogP contribution < -0.4 is 11.1 Å². The number of hydrogen-bond donors (Lipinski definition) is 2. The van der Waals surface area contributed by atoms with Gasteiger partial charge in [-0.3, -0.25) is 4.79 Å². The second kappa shape index (κ2) is 6.06. The van der Waals surface area contributed by atoms with E-state index in [0.29, 0.717) is 6.42 Å². The molecule has 0 radical (unpaired) electrons. The zero-order valence-electron chi connectivity index (χ0n) is 9.07. The van der Waals surface area contributed by atoms with Gasteiger partial charge in [-0.2, -0.15) is 0 Å². The summed E-state index contributed by atoms with van der Waals surface area (Å²) in [5, 5.41) is 3.22. The van der Waals surface area contributed by atoms with E-state index >= 15 is 0 Å². The highest BCUT2D eigenvalue weighted by molar-refractivity contribution is 5.73. The van der Waals surface area contributed by atoms with Crippen molar-refractivity contribution in [1.29, 1.82) is 0 Å². The van der Waals surface area contributed by atoms with Gasteiger partial charge < -0.3 is 15.6 Å². The largest absolute Gasteiger partial charge is 0.370 e. The van der Waals surface area contributed by atoms with E-state index in [1.807, 2.05) is 10.8 Å². The van der Waals surface area contributed by atoms with Crippen LogP contribution in [-0.4, -0.2) is 22.0 Å². The van der Waals surface area contributed by atoms with Crippen molar-refractivity contribution in [3.63, 3.8) is 0 Å². The molecule has 15 heavy (non-hydrogen) atoms. The smallest absolute Gasteiger partial charge is 0.217 e. The number of nitrogens with one attached hydrogen (secondary N) is 1. The molecule has 0 saturated carbocycles. The van der Waals surface area contributed by atoms with Gasteiger partial charge in [0.2, 0.25) is 11.9 Å². The van der Waals surface area contributed by atoms with Gasteiger partial charge in [-0.1, -0.05) is 0 Å². The van der Waals surface area contributed by atoms with Crippen molar-refractivity contribution in [3.8, 4) is 0 Å². The van der Waals surface area contributed by atoms with Gasteiger partial charge >= 0.3 is 0 Å². The molecule has 0 aliphatic heterocycles. The van der Waals surface area contributed by atoms with Crippen LogP contribution in [0.15, 0.2) is 12.4 Å². The van der Waals surface area contributed by atoms with Gasteiger partial charge in [-0.15, -0.1) is 0 Å². The molecule has 0 atom stereocenters. The van der Waals surface area contributed by atoms with Crippen LogP contribution in [0.2, 0.25) is 0 Å². The molecule has 0 aliphatic rings. The van der Waals surface area contributed by atoms with Gasteiger partial charge in [0.1, 0.15) is 0 Å². The summed E-state index contributed by atoms with van der Waals surface area (Å²) in [6, 6.07) is 0. The monoisotopic (exact) mass is 210 g/mol. The molecule has 3 N–H and O–H groups in total. The molecule has 1 amide bonds. The number of nitrogens with two attached hydrogens (primary N) is 1. The number of imidazole rings is 1. The predicted octanol–water partition coefficient (Wildman–Crippen LogP) is 0.970. The fraction of sp³-hybridized carbons (Fsp3) is 0.600. The summed E-state index contributed by atoms with van der Waals surface area (Å²) >= 11 is 0. The maximum atomic E-state index is 10.5. The van der Waals surface area contributed by atoms with Crippen LogP contribution >= 0.6 is 0 Å². The minimum absolute atomic E-state index is 0.231. The van der Waals surface area contributed by atoms with Crippen LogP contribution in [-0.2, 0) is 11.3 Å². The molecule has 0 spiro atoms. The lowest BCUT2D eigenvalue weighted by atomic mass is 10.2. The number of nitrogens with zero attached hydrogens (tertiary/aromatic N) is 2. The summed E-state index contributed by atoms with van der Waals surface area (Å²) in [7, 11) is 0. The average molecular weight is 210 g/mol. The number of unbranched alkanes of at least 4 members (excludes halogenated alkanes) is 1. The van der Waals surface area contributed by atoms with E-state index in [9.17, 15) is 4.79 Å². The lowest BCUT2D eigenvalue weighted by molar-refractivity contribution is -0.118. The normalized spacial score (nSPS) is 10.2. The van der Waals surface area contributed by atoms with Gasteiger partial charge in [0.05, 0.1) is 0 Å². The Kier molecular flexibility index (Phi) is 4.66. The number of carbonyl (C=O) groups excluding carboxylic acids is 1. The maximum Gasteiger partial charge on any atom is 0.217 e. The van der Waals surface area contributed by atoms with E-state index in [1.165, 1.54) is 0 Å². The Morgan fingerprint density at radius 2 is 2.40 bits per heavy atom. The zero-order chi connectivity index (χ0) is 11.1. The first-order valence-corrected chi connectivity index (χ1v) is 5.27. The topological polar surface area (TPSA) is 72.9 Å². The summed E-state index contributed by atoms with van der Waals surface area (Å²) in [4.78, 5) is 14.7. The highest BCUT2D eigenvalue weighted by Crippen LogP contribution is 2.04. The van der Waals surface area contributed by atoms with Gasteiger partial charge in [0, 0.05) is 31.9 Å². The summed E-state index contributed by atoms with van der Waals surface area (Å²) in [5.74, 6) is 0.654. The molecule has 0 saturated heterocycles. The molecule has 1 heterocycles. The summed E-state index contributed by atoms with van der Waals surface area (Å²) < 4.78 is 2.04. The molecule has 84 valence electrons. The number of aryl methyl sites for hydroxylation is 1. The number of anilines is 1. The molecule has 1 rings (SSSR count). The second-order valence-electron chi connectivity index (χ2n) is 3.39. The third kappa shape index (κ3) is 4.01. The fourth-order valence-corrected chi connectivity index (χ4v) is 1.36. The summed E-state index contributed by atoms with van der Waals surface area (Å²) in [6.45, 7) is 3.80. The van der Waals surface area contributed by atoms with Crippen molar-refractivity contribution in [2.24, 2.45) is 5.73 Å². The van der Waals surface area contributed by atoms with E-state index in [4.69, 9.17) is 5.73 Å². The molecule has 0 unspecified atom stereocenters. The number of hydrogen-bond acceptors (Lipinski definition) is 3. The van der Waals surface area contributed by atoms with Gasteiger partial charge in [-0.05, 0) is 19.8 Å². The number of carbonyl (C=O) groups is 1. The lowest BCUT2D eigenvalue weighted by Crippen LogP contribution is -2.12. The third-order valence-corrected chi connectivity index (χ3v) is 2.19. The summed E-state index contributed by atoms with van der Waals surface area (Å²) in [6.07, 6.45) is 5.93. The van der Waals surface area contributed by atoms with Crippen molar-refractivity contribution >= 4 is 11.9 Å². The van der Waals surface area contributed by atoms with Crippen LogP contribution in [0.25, 0.3) is 0 Å². The molecular weight excluding hydrogens is 192 g/mol. The highest BCUT2D eigenvalue weighted by Gasteiger charge is 1.99. The van der Waals surface area contributed by atoms with Crippen molar-refractivity contribution in [1.82, 2.24) is 9.55 Å². The molecule has 0 fully saturated rings. The van der Waals surface area contributed by atoms with E-state index < -0.39 is 0 Å². The Labute approximate surface area is 89.7 Å². The average Bonchev–Trinajstić information content (AvgIpc) is 2.64. The number of amides is 1. The van der Waals surface area contributed by atoms with Crippen molar-refractivity contribution in [2.75, 3.05) is 11.9 Å². The fourth-order valence-electron chi connectivity index (χ4n) is 1.36. The zero-order valence-corrected chi connectivity index (χ0v) is 9.07. The van der Waals surface area contributed by atoms with Gasteiger partial charge in [-0.25, -0.2) is 4.98 Å². The second-order valence-corrected chi connectivity index (χ2v) is 3.39. The van der Waals surface area contributed by atoms with Crippen LogP contribution in [0.3, 0.4) is 0 Å². The molecule has 0 aliphatic carbocycles. The predicted molar refractivity (Wildman–Crippen MR) is 59.4 cm³/mol. The van der Waals surface area contributed by atoms with Gasteiger partial charge in [0.25, 0.3) is 0 Å². The standard InChI is InChI=1S/C10H18N4O/c1-2-14-8-7-13-10(14)12-6-4-3-5-9(11)15/h7-8H,2-6H2,1H3,(H2,11,15)(H,12,13). The van der Waals surface area contributed by atoms with E-state index in [2.05, 4.69) is 17.2 Å². The molecule has 0 aromatic carbocycles. The Hall–Kier alpha value is -1.52. The molecular formula is C10H18N4O. The number of rotatable bonds is 7. The molecule has 1 aromatic heterocycles. The quantitative estimate of drug-likeness (QED) is 0.659. The van der Waals surface area contributed by atoms with Crippen LogP contribution in [0, 0.1) is 0 Å². The maximum absolute atomic E-state index is 10.5. The first-order chi connectivity index (χ1) is 7.24. The lowest BCUT2D eigenvalue weighted by Gasteiger charge is -2.06. The molecule has 5 heteroatoms. The Morgan fingerprint density at radius 3 is 3.07 bits per heavy atom. The van der Waals surface area contributed by atoms with Crippen molar-refractivity contribution in [3.05, 3.63) is 12.4 Å². The SMILES string of the molecule is CCn1ccnc1NCCCCC(N)=O. The molecule has 0 bridgehead atoms. The Balaban J connectivity index is 2.17. The van der Waals surface area contributed by atoms with Crippen LogP contribution in [0.4, 0.5) is 5.95 Å². The number of aromatic nitrogens is 2. The van der Waals surface area contributed by atoms with E-state index in [1.54, 1.807) is 6.20 Å². The highest BCUT2D eigenvalue weighted by atomic mass is 16.1. The Bertz CT molecular complexity index is 308. The third-order valence-electron chi connectivity index (χ3n) is 2.19. The van der Waals surface area contributed by atoms with Crippen molar-refractivity contribution < 1.29 is 4.79 Å². The molecule has 1 aromatic rings. The first-order valence-electron chi connectivity index (χ1n) is 5.27. The van der Waals surface area contributed by atoms with Crippen LogP contribution in [0.5, 0.6) is 0 Å². The van der Waals surface area contributed by atoms with E-state index in [-0.39, 0.29) is 5.91 Å².